The van der Waals surface area contributed by atoms with E-state index in [9.17, 15) is 8.78 Å². The van der Waals surface area contributed by atoms with E-state index >= 15 is 0 Å². The van der Waals surface area contributed by atoms with E-state index < -0.39 is 11.6 Å². The predicted molar refractivity (Wildman–Crippen MR) is 51.1 cm³/mol. The van der Waals surface area contributed by atoms with E-state index in [0.29, 0.717) is 5.56 Å². The normalized spacial score (nSPS) is 20.6. The molecule has 0 fully saturated rings. The zero-order chi connectivity index (χ0) is 10.1. The Hall–Kier alpha value is -0.960. The molecule has 1 aromatic carbocycles. The maximum Gasteiger partial charge on any atom is 0.129 e. The third kappa shape index (κ3) is 1.52. The maximum atomic E-state index is 13.4. The fourth-order valence-corrected chi connectivity index (χ4v) is 2.14. The monoisotopic (exact) mass is 197 g/mol. The van der Waals surface area contributed by atoms with E-state index in [0.717, 1.165) is 30.9 Å². The van der Waals surface area contributed by atoms with Gasteiger partial charge in [-0.25, -0.2) is 8.78 Å². The second-order valence-corrected chi connectivity index (χ2v) is 3.69. The number of halogens is 2. The molecule has 1 aliphatic carbocycles. The number of nitrogens with one attached hydrogen (secondary N) is 1. The lowest BCUT2D eigenvalue weighted by Crippen LogP contribution is -2.22. The van der Waals surface area contributed by atoms with Crippen LogP contribution in [0.1, 0.15) is 30.0 Å². The van der Waals surface area contributed by atoms with Gasteiger partial charge in [0.25, 0.3) is 0 Å². The smallest absolute Gasteiger partial charge is 0.129 e. The van der Waals surface area contributed by atoms with Gasteiger partial charge in [0.05, 0.1) is 0 Å². The Balaban J connectivity index is 2.51. The maximum absolute atomic E-state index is 13.4. The molecule has 0 heterocycles. The molecule has 14 heavy (non-hydrogen) atoms. The zero-order valence-electron chi connectivity index (χ0n) is 8.11. The van der Waals surface area contributed by atoms with Crippen molar-refractivity contribution in [2.24, 2.45) is 0 Å². The van der Waals surface area contributed by atoms with Crippen molar-refractivity contribution >= 4 is 0 Å². The predicted octanol–water partition coefficient (Wildman–Crippen LogP) is 2.56. The number of hydrogen-bond acceptors (Lipinski definition) is 1. The average Bonchev–Trinajstić information content (AvgIpc) is 2.17. The molecular formula is C11H13F2N. The number of fused-ring (bicyclic) bond motifs is 1. The molecule has 0 radical (unpaired) electrons. The van der Waals surface area contributed by atoms with Crippen LogP contribution < -0.4 is 5.32 Å². The third-order valence-electron chi connectivity index (χ3n) is 2.84. The highest BCUT2D eigenvalue weighted by molar-refractivity contribution is 5.34. The van der Waals surface area contributed by atoms with Crippen LogP contribution in [0.3, 0.4) is 0 Å². The summed E-state index contributed by atoms with van der Waals surface area (Å²) in [5.74, 6) is -0.886. The van der Waals surface area contributed by atoms with E-state index in [4.69, 9.17) is 0 Å². The number of hydrogen-bond donors (Lipinski definition) is 1. The summed E-state index contributed by atoms with van der Waals surface area (Å²) < 4.78 is 26.4. The van der Waals surface area contributed by atoms with E-state index in [-0.39, 0.29) is 6.04 Å². The molecule has 1 unspecified atom stereocenters. The largest absolute Gasteiger partial charge is 0.313 e. The van der Waals surface area contributed by atoms with Gasteiger partial charge < -0.3 is 5.32 Å². The van der Waals surface area contributed by atoms with Crippen LogP contribution in [-0.4, -0.2) is 7.05 Å². The summed E-state index contributed by atoms with van der Waals surface area (Å²) in [4.78, 5) is 0. The molecule has 0 spiro atoms. The van der Waals surface area contributed by atoms with E-state index in [1.54, 1.807) is 0 Å². The Kier molecular flexibility index (Phi) is 2.50. The highest BCUT2D eigenvalue weighted by atomic mass is 19.1. The van der Waals surface area contributed by atoms with Crippen molar-refractivity contribution in [2.75, 3.05) is 7.05 Å². The highest BCUT2D eigenvalue weighted by Crippen LogP contribution is 2.31. The summed E-state index contributed by atoms with van der Waals surface area (Å²) in [5.41, 5.74) is 1.47. The molecular weight excluding hydrogens is 184 g/mol. The van der Waals surface area contributed by atoms with Crippen molar-refractivity contribution in [3.63, 3.8) is 0 Å². The van der Waals surface area contributed by atoms with Crippen LogP contribution in [0.5, 0.6) is 0 Å². The molecule has 1 atom stereocenters. The molecule has 0 aromatic heterocycles. The van der Waals surface area contributed by atoms with Crippen LogP contribution in [0, 0.1) is 11.6 Å². The minimum absolute atomic E-state index is 0.101. The Morgan fingerprint density at radius 3 is 2.86 bits per heavy atom. The number of rotatable bonds is 1. The van der Waals surface area contributed by atoms with Gasteiger partial charge >= 0.3 is 0 Å². The zero-order valence-corrected chi connectivity index (χ0v) is 8.11. The summed E-state index contributed by atoms with van der Waals surface area (Å²) in [6.45, 7) is 0. The second-order valence-electron chi connectivity index (χ2n) is 3.69. The first-order chi connectivity index (χ1) is 6.72. The lowest BCUT2D eigenvalue weighted by Gasteiger charge is -2.25. The molecule has 76 valence electrons. The van der Waals surface area contributed by atoms with Crippen LogP contribution in [0.4, 0.5) is 8.78 Å². The van der Waals surface area contributed by atoms with Crippen LogP contribution in [-0.2, 0) is 6.42 Å². The van der Waals surface area contributed by atoms with Crippen molar-refractivity contribution in [3.8, 4) is 0 Å². The third-order valence-corrected chi connectivity index (χ3v) is 2.84. The van der Waals surface area contributed by atoms with E-state index in [2.05, 4.69) is 5.32 Å². The van der Waals surface area contributed by atoms with Gasteiger partial charge in [0.15, 0.2) is 0 Å². The van der Waals surface area contributed by atoms with Crippen molar-refractivity contribution in [3.05, 3.63) is 34.9 Å². The van der Waals surface area contributed by atoms with Crippen molar-refractivity contribution in [1.82, 2.24) is 5.32 Å². The van der Waals surface area contributed by atoms with Gasteiger partial charge in [-0.3, -0.25) is 0 Å². The fourth-order valence-electron chi connectivity index (χ4n) is 2.14. The Bertz CT molecular complexity index is 349. The van der Waals surface area contributed by atoms with Gasteiger partial charge in [-0.2, -0.15) is 0 Å². The van der Waals surface area contributed by atoms with Crippen LogP contribution in [0.15, 0.2) is 12.1 Å². The molecule has 0 saturated heterocycles. The van der Waals surface area contributed by atoms with Gasteiger partial charge in [-0.15, -0.1) is 0 Å². The molecule has 0 bridgehead atoms. The molecule has 3 heteroatoms. The minimum atomic E-state index is -0.483. The first-order valence-electron chi connectivity index (χ1n) is 4.87. The van der Waals surface area contributed by atoms with Gasteiger partial charge in [0.1, 0.15) is 11.6 Å². The first-order valence-corrected chi connectivity index (χ1v) is 4.87. The van der Waals surface area contributed by atoms with Gasteiger partial charge in [-0.05, 0) is 43.5 Å². The topological polar surface area (TPSA) is 12.0 Å². The van der Waals surface area contributed by atoms with Gasteiger partial charge in [0.2, 0.25) is 0 Å². The van der Waals surface area contributed by atoms with Crippen molar-refractivity contribution in [1.29, 1.82) is 0 Å². The fraction of sp³-hybridized carbons (Fsp3) is 0.455. The Morgan fingerprint density at radius 1 is 1.36 bits per heavy atom. The first kappa shape index (κ1) is 9.59. The summed E-state index contributed by atoms with van der Waals surface area (Å²) in [5, 5.41) is 3.08. The molecule has 2 rings (SSSR count). The Morgan fingerprint density at radius 2 is 2.14 bits per heavy atom. The van der Waals surface area contributed by atoms with Crippen LogP contribution in [0.2, 0.25) is 0 Å². The highest BCUT2D eigenvalue weighted by Gasteiger charge is 2.22. The summed E-state index contributed by atoms with van der Waals surface area (Å²) in [6, 6.07) is 2.51. The molecule has 1 aromatic rings. The van der Waals surface area contributed by atoms with E-state index in [1.807, 2.05) is 7.05 Å². The molecule has 1 N–H and O–H groups in total. The quantitative estimate of drug-likeness (QED) is 0.729. The van der Waals surface area contributed by atoms with Crippen molar-refractivity contribution in [2.45, 2.75) is 25.3 Å². The summed E-state index contributed by atoms with van der Waals surface area (Å²) in [6.07, 6.45) is 2.63. The van der Waals surface area contributed by atoms with Gasteiger partial charge in [-0.1, -0.05) is 0 Å². The summed E-state index contributed by atoms with van der Waals surface area (Å²) in [7, 11) is 1.82. The summed E-state index contributed by atoms with van der Waals surface area (Å²) >= 11 is 0. The van der Waals surface area contributed by atoms with Crippen LogP contribution >= 0.6 is 0 Å². The number of benzene rings is 1. The molecule has 1 nitrogen and oxygen atoms in total. The lowest BCUT2D eigenvalue weighted by molar-refractivity contribution is 0.470. The SMILES string of the molecule is CNC1CCCc2c(F)cc(F)cc21. The second kappa shape index (κ2) is 3.65. The Labute approximate surface area is 82.1 Å². The van der Waals surface area contributed by atoms with Gasteiger partial charge in [0, 0.05) is 12.1 Å². The van der Waals surface area contributed by atoms with Crippen molar-refractivity contribution < 1.29 is 8.78 Å². The molecule has 0 aliphatic heterocycles. The standard InChI is InChI=1S/C11H13F2N/c1-14-11-4-2-3-8-9(11)5-7(12)6-10(8)13/h5-6,11,14H,2-4H2,1H3. The van der Waals surface area contributed by atoms with E-state index in [1.165, 1.54) is 6.07 Å². The molecule has 1 aliphatic rings. The molecule has 0 saturated carbocycles. The average molecular weight is 197 g/mol. The lowest BCUT2D eigenvalue weighted by atomic mass is 9.87. The minimum Gasteiger partial charge on any atom is -0.313 e. The van der Waals surface area contributed by atoms with Crippen LogP contribution in [0.25, 0.3) is 0 Å². The molecule has 0 amide bonds.